The van der Waals surface area contributed by atoms with Crippen molar-refractivity contribution in [2.75, 3.05) is 26.1 Å². The quantitative estimate of drug-likeness (QED) is 0.187. The molecule has 0 radical (unpaired) electrons. The van der Waals surface area contributed by atoms with Gasteiger partial charge >= 0.3 is 0 Å². The smallest absolute Gasteiger partial charge is 0.178 e. The van der Waals surface area contributed by atoms with E-state index in [-0.39, 0.29) is 16.2 Å². The molecule has 0 N–H and O–H groups in total. The lowest BCUT2D eigenvalue weighted by molar-refractivity contribution is 0.159. The highest BCUT2D eigenvalue weighted by atomic mass is 16.5. The SMILES string of the molecule is COc1ccc2c3c(c4c(c2c1)OC(c1ccccc1)(c1ccc(N(C)C)cc1)C=C4)C1(CC(C)(C)CCCCCCC(C)(C)C1)c1ccccc1-3. The highest BCUT2D eigenvalue weighted by Gasteiger charge is 2.52. The summed E-state index contributed by atoms with van der Waals surface area (Å²) in [5, 5.41) is 2.34. The molecule has 5 aromatic carbocycles. The summed E-state index contributed by atoms with van der Waals surface area (Å²) >= 11 is 0. The van der Waals surface area contributed by atoms with Gasteiger partial charge in [0.25, 0.3) is 0 Å². The van der Waals surface area contributed by atoms with Gasteiger partial charge in [-0.3, -0.25) is 0 Å². The molecule has 0 saturated heterocycles. The third kappa shape index (κ3) is 5.72. The van der Waals surface area contributed by atoms with Crippen molar-refractivity contribution >= 4 is 22.5 Å². The molecule has 3 aliphatic rings. The largest absolute Gasteiger partial charge is 0.497 e. The Balaban J connectivity index is 1.46. The predicted octanol–water partition coefficient (Wildman–Crippen LogP) is 12.7. The Morgan fingerprint density at radius 1 is 0.673 bits per heavy atom. The van der Waals surface area contributed by atoms with Gasteiger partial charge in [-0.15, -0.1) is 0 Å². The number of rotatable bonds is 4. The van der Waals surface area contributed by atoms with Crippen LogP contribution in [0.5, 0.6) is 11.5 Å². The van der Waals surface area contributed by atoms with Crippen molar-refractivity contribution in [2.45, 2.75) is 90.1 Å². The Morgan fingerprint density at radius 3 is 1.96 bits per heavy atom. The Morgan fingerprint density at radius 2 is 1.31 bits per heavy atom. The lowest BCUT2D eigenvalue weighted by Crippen LogP contribution is -2.38. The van der Waals surface area contributed by atoms with Crippen molar-refractivity contribution in [3.05, 3.63) is 131 Å². The zero-order chi connectivity index (χ0) is 36.3. The van der Waals surface area contributed by atoms with E-state index in [2.05, 4.69) is 156 Å². The molecule has 1 aliphatic heterocycles. The second kappa shape index (κ2) is 12.9. The zero-order valence-electron chi connectivity index (χ0n) is 32.3. The van der Waals surface area contributed by atoms with Crippen LogP contribution in [0.3, 0.4) is 0 Å². The first-order valence-corrected chi connectivity index (χ1v) is 19.5. The van der Waals surface area contributed by atoms with Crippen molar-refractivity contribution < 1.29 is 9.47 Å². The first-order valence-electron chi connectivity index (χ1n) is 19.5. The van der Waals surface area contributed by atoms with E-state index in [1.165, 1.54) is 71.7 Å². The van der Waals surface area contributed by atoms with E-state index < -0.39 is 5.60 Å². The first kappa shape index (κ1) is 34.6. The molecule has 1 spiro atoms. The molecule has 52 heavy (non-hydrogen) atoms. The lowest BCUT2D eigenvalue weighted by Gasteiger charge is -2.45. The normalized spacial score (nSPS) is 21.4. The molecule has 268 valence electrons. The summed E-state index contributed by atoms with van der Waals surface area (Å²) in [4.78, 5) is 2.15. The van der Waals surface area contributed by atoms with E-state index in [0.29, 0.717) is 0 Å². The molecule has 1 heterocycles. The lowest BCUT2D eigenvalue weighted by atomic mass is 9.59. The van der Waals surface area contributed by atoms with Gasteiger partial charge in [0.1, 0.15) is 11.5 Å². The molecular weight excluding hydrogens is 635 g/mol. The number of ether oxygens (including phenoxy) is 2. The minimum Gasteiger partial charge on any atom is -0.497 e. The molecule has 1 atom stereocenters. The van der Waals surface area contributed by atoms with Crippen LogP contribution < -0.4 is 14.4 Å². The van der Waals surface area contributed by atoms with E-state index in [0.717, 1.165) is 46.5 Å². The minimum atomic E-state index is -0.811. The Hall–Kier alpha value is -4.50. The zero-order valence-corrected chi connectivity index (χ0v) is 32.3. The highest BCUT2D eigenvalue weighted by Crippen LogP contribution is 2.64. The summed E-state index contributed by atoms with van der Waals surface area (Å²) in [7, 11) is 5.94. The third-order valence-electron chi connectivity index (χ3n) is 12.5. The summed E-state index contributed by atoms with van der Waals surface area (Å²) < 4.78 is 13.6. The Bertz CT molecular complexity index is 2120. The highest BCUT2D eigenvalue weighted by molar-refractivity contribution is 6.09. The van der Waals surface area contributed by atoms with Crippen LogP contribution in [-0.2, 0) is 11.0 Å². The third-order valence-corrected chi connectivity index (χ3v) is 12.5. The van der Waals surface area contributed by atoms with Gasteiger partial charge in [-0.1, -0.05) is 126 Å². The molecular formula is C49H55NO2. The standard InChI is InChI=1S/C49H55NO2/c1-46(2)28-15-8-9-16-29-47(3,4)33-48(32-46)42-20-14-13-19-39(42)43-38-26-25-37(51-7)31-41(38)45-40(44(43)48)27-30-49(52-45,34-17-11-10-12-18-34)35-21-23-36(24-22-35)50(5)6/h10-14,17-27,30-31H,8-9,15-16,28-29,32-33H2,1-7H3. The molecule has 3 heteroatoms. The van der Waals surface area contributed by atoms with Crippen LogP contribution >= 0.6 is 0 Å². The maximum Gasteiger partial charge on any atom is 0.178 e. The fourth-order valence-corrected chi connectivity index (χ4v) is 10.2. The van der Waals surface area contributed by atoms with Crippen LogP contribution in [0.1, 0.15) is 107 Å². The van der Waals surface area contributed by atoms with E-state index in [1.54, 1.807) is 7.11 Å². The van der Waals surface area contributed by atoms with Gasteiger partial charge in [0.2, 0.25) is 0 Å². The van der Waals surface area contributed by atoms with E-state index in [9.17, 15) is 0 Å². The minimum absolute atomic E-state index is 0.165. The molecule has 0 amide bonds. The number of methoxy groups -OCH3 is 1. The molecule has 0 bridgehead atoms. The average Bonchev–Trinajstić information content (AvgIpc) is 3.40. The summed E-state index contributed by atoms with van der Waals surface area (Å²) in [6.07, 6.45) is 14.7. The van der Waals surface area contributed by atoms with E-state index in [4.69, 9.17) is 9.47 Å². The summed E-state index contributed by atoms with van der Waals surface area (Å²) in [5.41, 5.74) is 9.67. The second-order valence-electron chi connectivity index (χ2n) is 17.6. The predicted molar refractivity (Wildman–Crippen MR) is 219 cm³/mol. The number of nitrogens with zero attached hydrogens (tertiary/aromatic N) is 1. The average molecular weight is 690 g/mol. The molecule has 1 unspecified atom stereocenters. The molecule has 1 saturated carbocycles. The van der Waals surface area contributed by atoms with Gasteiger partial charge < -0.3 is 14.4 Å². The Kier molecular flexibility index (Phi) is 8.56. The van der Waals surface area contributed by atoms with Gasteiger partial charge in [-0.2, -0.15) is 0 Å². The van der Waals surface area contributed by atoms with Crippen LogP contribution in [-0.4, -0.2) is 21.2 Å². The fourth-order valence-electron chi connectivity index (χ4n) is 10.2. The maximum atomic E-state index is 7.73. The number of hydrogen-bond acceptors (Lipinski definition) is 3. The monoisotopic (exact) mass is 689 g/mol. The molecule has 5 aromatic rings. The van der Waals surface area contributed by atoms with E-state index in [1.807, 2.05) is 0 Å². The molecule has 8 rings (SSSR count). The Labute approximate surface area is 311 Å². The maximum absolute atomic E-state index is 7.73. The van der Waals surface area contributed by atoms with Gasteiger partial charge in [-0.25, -0.2) is 0 Å². The van der Waals surface area contributed by atoms with Crippen molar-refractivity contribution in [3.63, 3.8) is 0 Å². The van der Waals surface area contributed by atoms with E-state index >= 15 is 0 Å². The number of fused-ring (bicyclic) bond motifs is 10. The number of benzene rings is 5. The van der Waals surface area contributed by atoms with Gasteiger partial charge in [0.05, 0.1) is 7.11 Å². The molecule has 2 aliphatic carbocycles. The van der Waals surface area contributed by atoms with Crippen molar-refractivity contribution in [1.29, 1.82) is 0 Å². The van der Waals surface area contributed by atoms with Crippen molar-refractivity contribution in [1.82, 2.24) is 0 Å². The van der Waals surface area contributed by atoms with Gasteiger partial charge in [-0.05, 0) is 101 Å². The molecule has 3 nitrogen and oxygen atoms in total. The van der Waals surface area contributed by atoms with Gasteiger partial charge in [0, 0.05) is 47.3 Å². The van der Waals surface area contributed by atoms with Crippen LogP contribution in [0.15, 0.2) is 103 Å². The number of hydrogen-bond donors (Lipinski definition) is 0. The first-order chi connectivity index (χ1) is 25.0. The fraction of sp³-hybridized carbons (Fsp3) is 0.388. The van der Waals surface area contributed by atoms with Crippen LogP contribution in [0, 0.1) is 10.8 Å². The number of anilines is 1. The molecule has 0 aromatic heterocycles. The summed E-state index contributed by atoms with van der Waals surface area (Å²) in [5.74, 6) is 1.79. The van der Waals surface area contributed by atoms with Gasteiger partial charge in [0.15, 0.2) is 5.60 Å². The van der Waals surface area contributed by atoms with Crippen molar-refractivity contribution in [3.8, 4) is 22.6 Å². The summed E-state index contributed by atoms with van der Waals surface area (Å²) in [6.45, 7) is 10.1. The topological polar surface area (TPSA) is 21.7 Å². The van der Waals surface area contributed by atoms with Crippen LogP contribution in [0.25, 0.3) is 28.0 Å². The molecule has 1 fully saturated rings. The van der Waals surface area contributed by atoms with Crippen LogP contribution in [0.4, 0.5) is 5.69 Å². The van der Waals surface area contributed by atoms with Crippen molar-refractivity contribution in [2.24, 2.45) is 10.8 Å². The summed E-state index contributed by atoms with van der Waals surface area (Å²) in [6, 6.07) is 35.6. The van der Waals surface area contributed by atoms with Crippen LogP contribution in [0.2, 0.25) is 0 Å². The second-order valence-corrected chi connectivity index (χ2v) is 17.6.